The van der Waals surface area contributed by atoms with E-state index in [4.69, 9.17) is 15.0 Å². The van der Waals surface area contributed by atoms with Crippen LogP contribution in [0.4, 0.5) is 5.82 Å². The lowest BCUT2D eigenvalue weighted by atomic mass is 10.4. The average molecular weight is 274 g/mol. The summed E-state index contributed by atoms with van der Waals surface area (Å²) in [5.74, 6) is 7.28. The lowest BCUT2D eigenvalue weighted by molar-refractivity contribution is 0.0883. The van der Waals surface area contributed by atoms with Gasteiger partial charge in [0.2, 0.25) is 0 Å². The Morgan fingerprint density at radius 2 is 2.30 bits per heavy atom. The first-order valence-electron chi connectivity index (χ1n) is 6.03. The normalized spacial score (nSPS) is 11.1. The summed E-state index contributed by atoms with van der Waals surface area (Å²) >= 11 is 0. The van der Waals surface area contributed by atoms with Crippen LogP contribution in [0.2, 0.25) is 0 Å². The van der Waals surface area contributed by atoms with E-state index < -0.39 is 0 Å². The molecule has 3 aromatic heterocycles. The van der Waals surface area contributed by atoms with Crippen molar-refractivity contribution in [1.82, 2.24) is 19.7 Å². The third kappa shape index (κ3) is 2.33. The van der Waals surface area contributed by atoms with Crippen molar-refractivity contribution in [2.75, 3.05) is 5.43 Å². The summed E-state index contributed by atoms with van der Waals surface area (Å²) in [5, 5.41) is 4.90. The number of aromatic nitrogens is 4. The Bertz CT molecular complexity index is 706. The quantitative estimate of drug-likeness (QED) is 0.527. The molecule has 3 rings (SSSR count). The number of nitrogen functional groups attached to an aromatic ring is 1. The highest BCUT2D eigenvalue weighted by molar-refractivity contribution is 5.86. The SMILES string of the molecule is Cn1ncc2c(NN)nc(COCc3ccco3)nc21. The monoisotopic (exact) mass is 274 g/mol. The van der Waals surface area contributed by atoms with Crippen molar-refractivity contribution in [1.29, 1.82) is 0 Å². The van der Waals surface area contributed by atoms with Crippen LogP contribution in [0.25, 0.3) is 11.0 Å². The lowest BCUT2D eigenvalue weighted by Gasteiger charge is -2.06. The van der Waals surface area contributed by atoms with Gasteiger partial charge in [0.05, 0.1) is 17.8 Å². The molecule has 0 radical (unpaired) electrons. The molecular weight excluding hydrogens is 260 g/mol. The fourth-order valence-corrected chi connectivity index (χ4v) is 1.88. The zero-order chi connectivity index (χ0) is 13.9. The maximum absolute atomic E-state index is 5.51. The molecule has 0 spiro atoms. The fourth-order valence-electron chi connectivity index (χ4n) is 1.88. The van der Waals surface area contributed by atoms with Crippen molar-refractivity contribution in [2.24, 2.45) is 12.9 Å². The van der Waals surface area contributed by atoms with Gasteiger partial charge in [-0.05, 0) is 12.1 Å². The van der Waals surface area contributed by atoms with Crippen LogP contribution in [0.1, 0.15) is 11.6 Å². The highest BCUT2D eigenvalue weighted by Gasteiger charge is 2.10. The van der Waals surface area contributed by atoms with Crippen molar-refractivity contribution in [2.45, 2.75) is 13.2 Å². The molecule has 0 saturated heterocycles. The molecule has 3 aromatic rings. The van der Waals surface area contributed by atoms with Crippen molar-refractivity contribution < 1.29 is 9.15 Å². The van der Waals surface area contributed by atoms with E-state index >= 15 is 0 Å². The summed E-state index contributed by atoms with van der Waals surface area (Å²) in [6.07, 6.45) is 3.27. The van der Waals surface area contributed by atoms with Crippen molar-refractivity contribution in [3.63, 3.8) is 0 Å². The molecule has 8 heteroatoms. The van der Waals surface area contributed by atoms with Crippen LogP contribution >= 0.6 is 0 Å². The molecule has 104 valence electrons. The van der Waals surface area contributed by atoms with E-state index in [1.54, 1.807) is 17.1 Å². The maximum Gasteiger partial charge on any atom is 0.163 e. The average Bonchev–Trinajstić information content (AvgIpc) is 3.09. The topological polar surface area (TPSA) is 104 Å². The first-order valence-corrected chi connectivity index (χ1v) is 6.03. The molecule has 0 bridgehead atoms. The molecule has 0 aliphatic heterocycles. The molecule has 0 atom stereocenters. The molecular formula is C12H14N6O2. The Morgan fingerprint density at radius 1 is 1.40 bits per heavy atom. The highest BCUT2D eigenvalue weighted by atomic mass is 16.5. The number of nitrogens with two attached hydrogens (primary N) is 1. The molecule has 0 aliphatic carbocycles. The van der Waals surface area contributed by atoms with E-state index in [0.29, 0.717) is 23.9 Å². The van der Waals surface area contributed by atoms with Crippen LogP contribution in [-0.2, 0) is 25.0 Å². The minimum Gasteiger partial charge on any atom is -0.467 e. The highest BCUT2D eigenvalue weighted by Crippen LogP contribution is 2.18. The van der Waals surface area contributed by atoms with Crippen molar-refractivity contribution in [3.05, 3.63) is 36.2 Å². The molecule has 8 nitrogen and oxygen atoms in total. The van der Waals surface area contributed by atoms with Crippen LogP contribution in [0.15, 0.2) is 29.0 Å². The van der Waals surface area contributed by atoms with Gasteiger partial charge in [0.1, 0.15) is 19.0 Å². The van der Waals surface area contributed by atoms with Gasteiger partial charge in [0, 0.05) is 7.05 Å². The summed E-state index contributed by atoms with van der Waals surface area (Å²) in [6.45, 7) is 0.627. The van der Waals surface area contributed by atoms with E-state index in [1.165, 1.54) is 0 Å². The van der Waals surface area contributed by atoms with E-state index in [1.807, 2.05) is 19.2 Å². The Hall–Kier alpha value is -2.45. The van der Waals surface area contributed by atoms with Gasteiger partial charge in [-0.2, -0.15) is 5.10 Å². The summed E-state index contributed by atoms with van der Waals surface area (Å²) in [6, 6.07) is 3.66. The molecule has 20 heavy (non-hydrogen) atoms. The van der Waals surface area contributed by atoms with Crippen LogP contribution < -0.4 is 11.3 Å². The lowest BCUT2D eigenvalue weighted by Crippen LogP contribution is -2.12. The van der Waals surface area contributed by atoms with Gasteiger partial charge >= 0.3 is 0 Å². The minimum absolute atomic E-state index is 0.260. The van der Waals surface area contributed by atoms with Crippen LogP contribution in [0, 0.1) is 0 Å². The molecule has 3 heterocycles. The molecule has 0 aliphatic rings. The zero-order valence-electron chi connectivity index (χ0n) is 10.9. The van der Waals surface area contributed by atoms with Gasteiger partial charge in [0.25, 0.3) is 0 Å². The summed E-state index contributed by atoms with van der Waals surface area (Å²) in [4.78, 5) is 8.70. The Balaban J connectivity index is 1.78. The van der Waals surface area contributed by atoms with E-state index in [0.717, 1.165) is 11.1 Å². The number of fused-ring (bicyclic) bond motifs is 1. The second-order valence-corrected chi connectivity index (χ2v) is 4.21. The Labute approximate surface area is 114 Å². The third-order valence-electron chi connectivity index (χ3n) is 2.83. The second-order valence-electron chi connectivity index (χ2n) is 4.21. The van der Waals surface area contributed by atoms with Gasteiger partial charge in [-0.3, -0.25) is 4.68 Å². The zero-order valence-corrected chi connectivity index (χ0v) is 10.9. The summed E-state index contributed by atoms with van der Waals surface area (Å²) < 4.78 is 12.4. The van der Waals surface area contributed by atoms with Crippen LogP contribution in [0.3, 0.4) is 0 Å². The van der Waals surface area contributed by atoms with Gasteiger partial charge in [-0.15, -0.1) is 0 Å². The van der Waals surface area contributed by atoms with Crippen molar-refractivity contribution in [3.8, 4) is 0 Å². The number of anilines is 1. The first-order chi connectivity index (χ1) is 9.78. The minimum atomic E-state index is 0.260. The number of hydrogen-bond donors (Lipinski definition) is 2. The van der Waals surface area contributed by atoms with E-state index in [2.05, 4.69) is 20.5 Å². The van der Waals surface area contributed by atoms with Crippen LogP contribution in [0.5, 0.6) is 0 Å². The number of ether oxygens (including phenoxy) is 1. The predicted octanol–water partition coefficient (Wildman–Crippen LogP) is 0.959. The molecule has 3 N–H and O–H groups in total. The second kappa shape index (κ2) is 5.27. The predicted molar refractivity (Wildman–Crippen MR) is 71.3 cm³/mol. The van der Waals surface area contributed by atoms with E-state index in [-0.39, 0.29) is 6.61 Å². The van der Waals surface area contributed by atoms with Gasteiger partial charge in [0.15, 0.2) is 17.3 Å². The number of furan rings is 1. The van der Waals surface area contributed by atoms with Gasteiger partial charge in [-0.1, -0.05) is 0 Å². The molecule has 0 fully saturated rings. The number of aryl methyl sites for hydroxylation is 1. The smallest absolute Gasteiger partial charge is 0.163 e. The van der Waals surface area contributed by atoms with Crippen molar-refractivity contribution >= 4 is 16.9 Å². The largest absolute Gasteiger partial charge is 0.467 e. The number of rotatable bonds is 5. The van der Waals surface area contributed by atoms with E-state index in [9.17, 15) is 0 Å². The molecule has 0 amide bonds. The number of nitrogens with zero attached hydrogens (tertiary/aromatic N) is 4. The molecule has 0 saturated carbocycles. The van der Waals surface area contributed by atoms with Gasteiger partial charge < -0.3 is 14.6 Å². The number of hydrogen-bond acceptors (Lipinski definition) is 7. The number of hydrazine groups is 1. The Morgan fingerprint density at radius 3 is 3.05 bits per heavy atom. The first kappa shape index (κ1) is 12.6. The standard InChI is InChI=1S/C12H14N6O2/c1-18-12-9(5-14-18)11(17-13)15-10(16-12)7-19-6-8-3-2-4-20-8/h2-5H,6-7,13H2,1H3,(H,15,16,17). The number of nitrogens with one attached hydrogen (secondary N) is 1. The summed E-state index contributed by atoms with van der Waals surface area (Å²) in [7, 11) is 1.81. The maximum atomic E-state index is 5.51. The molecule has 0 unspecified atom stereocenters. The van der Waals surface area contributed by atoms with Crippen LogP contribution in [-0.4, -0.2) is 19.7 Å². The fraction of sp³-hybridized carbons (Fsp3) is 0.250. The summed E-state index contributed by atoms with van der Waals surface area (Å²) in [5.41, 5.74) is 3.25. The van der Waals surface area contributed by atoms with Gasteiger partial charge in [-0.25, -0.2) is 15.8 Å². The molecule has 0 aromatic carbocycles. The Kier molecular flexibility index (Phi) is 3.32. The third-order valence-corrected chi connectivity index (χ3v) is 2.83.